The Balaban J connectivity index is 1.36. The van der Waals surface area contributed by atoms with Crippen molar-refractivity contribution in [3.8, 4) is 11.5 Å². The molecule has 0 bridgehead atoms. The van der Waals surface area contributed by atoms with E-state index in [2.05, 4.69) is 10.3 Å². The summed E-state index contributed by atoms with van der Waals surface area (Å²) < 4.78 is 41.6. The third kappa shape index (κ3) is 4.96. The highest BCUT2D eigenvalue weighted by atomic mass is 32.2. The van der Waals surface area contributed by atoms with Crippen molar-refractivity contribution in [2.75, 3.05) is 31.6 Å². The quantitative estimate of drug-likeness (QED) is 0.552. The molecule has 0 spiro atoms. The summed E-state index contributed by atoms with van der Waals surface area (Å²) in [5.41, 5.74) is 0.900. The third-order valence-electron chi connectivity index (χ3n) is 6.58. The molecular formula is C25H30N4O4S. The molecular weight excluding hydrogens is 452 g/mol. The molecule has 180 valence electrons. The molecule has 0 aliphatic carbocycles. The Morgan fingerprint density at radius 1 is 1.09 bits per heavy atom. The van der Waals surface area contributed by atoms with Crippen molar-refractivity contribution in [2.45, 2.75) is 23.9 Å². The second-order valence-corrected chi connectivity index (χ2v) is 10.9. The number of para-hydroxylation sites is 1. The first-order valence-corrected chi connectivity index (χ1v) is 13.1. The van der Waals surface area contributed by atoms with Crippen LogP contribution >= 0.6 is 0 Å². The predicted molar refractivity (Wildman–Crippen MR) is 129 cm³/mol. The number of hydrogen-bond donors (Lipinski definition) is 1. The van der Waals surface area contributed by atoms with Crippen LogP contribution in [-0.2, 0) is 21.8 Å². The van der Waals surface area contributed by atoms with Gasteiger partial charge in [0.25, 0.3) is 10.0 Å². The normalized spacial score (nSPS) is 23.6. The van der Waals surface area contributed by atoms with Crippen LogP contribution in [0.4, 0.5) is 5.69 Å². The maximum absolute atomic E-state index is 13.3. The van der Waals surface area contributed by atoms with Crippen LogP contribution in [0.15, 0.2) is 72.1 Å². The molecule has 2 aliphatic heterocycles. The molecule has 5 rings (SSSR count). The van der Waals surface area contributed by atoms with Gasteiger partial charge in [-0.05, 0) is 48.9 Å². The smallest absolute Gasteiger partial charge is 0.262 e. The van der Waals surface area contributed by atoms with Crippen molar-refractivity contribution in [1.29, 1.82) is 0 Å². The Labute approximate surface area is 200 Å². The summed E-state index contributed by atoms with van der Waals surface area (Å²) >= 11 is 0. The molecule has 9 heteroatoms. The predicted octanol–water partition coefficient (Wildman–Crippen LogP) is 3.74. The molecule has 2 aliphatic rings. The van der Waals surface area contributed by atoms with Crippen LogP contribution in [0.1, 0.15) is 12.8 Å². The zero-order chi connectivity index (χ0) is 23.5. The fraction of sp³-hybridized carbons (Fsp3) is 0.400. The number of ether oxygens (including phenoxy) is 2. The third-order valence-corrected chi connectivity index (χ3v) is 8.30. The topological polar surface area (TPSA) is 85.7 Å². The van der Waals surface area contributed by atoms with E-state index in [-0.39, 0.29) is 17.0 Å². The van der Waals surface area contributed by atoms with Gasteiger partial charge in [0.05, 0.1) is 6.33 Å². The van der Waals surface area contributed by atoms with E-state index in [0.29, 0.717) is 25.6 Å². The summed E-state index contributed by atoms with van der Waals surface area (Å²) in [6.07, 6.45) is 5.11. The lowest BCUT2D eigenvalue weighted by molar-refractivity contribution is 0.0317. The van der Waals surface area contributed by atoms with Crippen LogP contribution in [0.25, 0.3) is 0 Å². The summed E-state index contributed by atoms with van der Waals surface area (Å²) in [5, 5.41) is 3.70. The SMILES string of the molecule is Cn1cnc(S(=O)(=O)N2CC(Nc3cccc(Oc4ccccc4)c3)C([C@@H]3CCCOC3)C2)c1. The highest BCUT2D eigenvalue weighted by molar-refractivity contribution is 7.89. The van der Waals surface area contributed by atoms with Gasteiger partial charge < -0.3 is 19.4 Å². The minimum Gasteiger partial charge on any atom is -0.457 e. The lowest BCUT2D eigenvalue weighted by atomic mass is 9.84. The molecule has 0 amide bonds. The summed E-state index contributed by atoms with van der Waals surface area (Å²) in [4.78, 5) is 4.10. The van der Waals surface area contributed by atoms with Gasteiger partial charge in [-0.2, -0.15) is 4.31 Å². The van der Waals surface area contributed by atoms with Gasteiger partial charge in [0.2, 0.25) is 0 Å². The molecule has 8 nitrogen and oxygen atoms in total. The number of aromatic nitrogens is 2. The van der Waals surface area contributed by atoms with E-state index in [1.165, 1.54) is 6.33 Å². The zero-order valence-electron chi connectivity index (χ0n) is 19.2. The van der Waals surface area contributed by atoms with Gasteiger partial charge in [-0.15, -0.1) is 0 Å². The molecule has 2 fully saturated rings. The number of anilines is 1. The van der Waals surface area contributed by atoms with Crippen molar-refractivity contribution in [1.82, 2.24) is 13.9 Å². The van der Waals surface area contributed by atoms with Crippen LogP contribution in [0, 0.1) is 11.8 Å². The summed E-state index contributed by atoms with van der Waals surface area (Å²) in [6.45, 7) is 2.27. The minimum atomic E-state index is -3.67. The first kappa shape index (κ1) is 22.9. The lowest BCUT2D eigenvalue weighted by Gasteiger charge is -2.31. The van der Waals surface area contributed by atoms with Crippen molar-refractivity contribution < 1.29 is 17.9 Å². The second kappa shape index (κ2) is 9.77. The number of benzene rings is 2. The van der Waals surface area contributed by atoms with E-state index in [1.807, 2.05) is 54.6 Å². The molecule has 1 N–H and O–H groups in total. The van der Waals surface area contributed by atoms with Gasteiger partial charge in [0.1, 0.15) is 11.5 Å². The van der Waals surface area contributed by atoms with Gasteiger partial charge in [0.15, 0.2) is 5.03 Å². The van der Waals surface area contributed by atoms with E-state index in [9.17, 15) is 8.42 Å². The van der Waals surface area contributed by atoms with E-state index in [0.717, 1.165) is 36.6 Å². The number of sulfonamides is 1. The van der Waals surface area contributed by atoms with Gasteiger partial charge in [-0.3, -0.25) is 0 Å². The molecule has 1 aromatic heterocycles. The molecule has 0 saturated carbocycles. The first-order valence-electron chi connectivity index (χ1n) is 11.6. The number of hydrogen-bond acceptors (Lipinski definition) is 6. The van der Waals surface area contributed by atoms with Crippen molar-refractivity contribution in [3.63, 3.8) is 0 Å². The number of rotatable bonds is 7. The molecule has 3 aromatic rings. The molecule has 34 heavy (non-hydrogen) atoms. The largest absolute Gasteiger partial charge is 0.457 e. The Kier molecular flexibility index (Phi) is 6.58. The van der Waals surface area contributed by atoms with Crippen molar-refractivity contribution in [2.24, 2.45) is 18.9 Å². The van der Waals surface area contributed by atoms with E-state index < -0.39 is 10.0 Å². The summed E-state index contributed by atoms with van der Waals surface area (Å²) in [6, 6.07) is 17.4. The maximum atomic E-state index is 13.3. The van der Waals surface area contributed by atoms with Crippen LogP contribution in [0.2, 0.25) is 0 Å². The maximum Gasteiger partial charge on any atom is 0.262 e. The van der Waals surface area contributed by atoms with Crippen molar-refractivity contribution in [3.05, 3.63) is 67.1 Å². The van der Waals surface area contributed by atoms with E-state index >= 15 is 0 Å². The zero-order valence-corrected chi connectivity index (χ0v) is 20.0. The molecule has 2 unspecified atom stereocenters. The van der Waals surface area contributed by atoms with E-state index in [4.69, 9.17) is 9.47 Å². The minimum absolute atomic E-state index is 0.0443. The molecule has 3 heterocycles. The molecule has 2 aromatic carbocycles. The number of aryl methyl sites for hydroxylation is 1. The Hall–Kier alpha value is -2.88. The molecule has 3 atom stereocenters. The Morgan fingerprint density at radius 2 is 1.91 bits per heavy atom. The van der Waals surface area contributed by atoms with Crippen LogP contribution in [0.3, 0.4) is 0 Å². The number of nitrogens with zero attached hydrogens (tertiary/aromatic N) is 3. The highest BCUT2D eigenvalue weighted by Gasteiger charge is 2.43. The molecule has 2 saturated heterocycles. The average molecular weight is 483 g/mol. The van der Waals surface area contributed by atoms with Gasteiger partial charge in [-0.1, -0.05) is 24.3 Å². The second-order valence-electron chi connectivity index (χ2n) is 9.03. The number of imidazole rings is 1. The van der Waals surface area contributed by atoms with Crippen LogP contribution in [0.5, 0.6) is 11.5 Å². The van der Waals surface area contributed by atoms with Gasteiger partial charge in [0, 0.05) is 57.3 Å². The van der Waals surface area contributed by atoms with Crippen LogP contribution < -0.4 is 10.1 Å². The Bertz CT molecular complexity index is 1210. The fourth-order valence-electron chi connectivity index (χ4n) is 4.86. The van der Waals surface area contributed by atoms with Crippen molar-refractivity contribution >= 4 is 15.7 Å². The summed E-state index contributed by atoms with van der Waals surface area (Å²) in [5.74, 6) is 1.94. The first-order chi connectivity index (χ1) is 16.5. The van der Waals surface area contributed by atoms with Crippen LogP contribution in [-0.4, -0.2) is 54.6 Å². The molecule has 0 radical (unpaired) electrons. The monoisotopic (exact) mass is 482 g/mol. The Morgan fingerprint density at radius 3 is 2.65 bits per heavy atom. The summed E-state index contributed by atoms with van der Waals surface area (Å²) in [7, 11) is -1.90. The van der Waals surface area contributed by atoms with Gasteiger partial charge >= 0.3 is 0 Å². The standard InChI is InChI=1S/C25H30N4O4S/c1-28-16-25(26-18-28)34(30,31)29-14-23(19-7-6-12-32-17-19)24(15-29)27-20-8-5-11-22(13-20)33-21-9-3-2-4-10-21/h2-5,8-11,13,16,18-19,23-24,27H,6-7,12,14-15,17H2,1H3/t19-,23?,24?/m1/s1. The van der Waals surface area contributed by atoms with Gasteiger partial charge in [-0.25, -0.2) is 13.4 Å². The average Bonchev–Trinajstić information content (AvgIpc) is 3.48. The highest BCUT2D eigenvalue weighted by Crippen LogP contribution is 2.35. The van der Waals surface area contributed by atoms with E-state index in [1.54, 1.807) is 22.1 Å². The number of nitrogens with one attached hydrogen (secondary N) is 1. The fourth-order valence-corrected chi connectivity index (χ4v) is 6.33. The lowest BCUT2D eigenvalue weighted by Crippen LogP contribution is -2.36.